The van der Waals surface area contributed by atoms with Gasteiger partial charge in [-0.25, -0.2) is 4.79 Å². The minimum absolute atomic E-state index is 0.0137. The molecule has 1 amide bonds. The van der Waals surface area contributed by atoms with Crippen molar-refractivity contribution in [3.05, 3.63) is 0 Å². The fourth-order valence-electron chi connectivity index (χ4n) is 2.07. The molecule has 0 N–H and O–H groups in total. The van der Waals surface area contributed by atoms with E-state index >= 15 is 0 Å². The number of hydrogen-bond donors (Lipinski definition) is 0. The monoisotopic (exact) mass is 243 g/mol. The molecule has 0 aromatic rings. The van der Waals surface area contributed by atoms with E-state index in [1.165, 1.54) is 7.11 Å². The Balaban J connectivity index is 2.76. The van der Waals surface area contributed by atoms with E-state index in [9.17, 15) is 9.59 Å². The second-order valence-corrected chi connectivity index (χ2v) is 4.16. The van der Waals surface area contributed by atoms with Gasteiger partial charge in [-0.05, 0) is 12.8 Å². The van der Waals surface area contributed by atoms with Gasteiger partial charge in [-0.3, -0.25) is 4.79 Å². The third kappa shape index (κ3) is 3.19. The largest absolute Gasteiger partial charge is 0.467 e. The van der Waals surface area contributed by atoms with E-state index in [4.69, 9.17) is 9.47 Å². The van der Waals surface area contributed by atoms with Crippen LogP contribution in [0.4, 0.5) is 0 Å². The van der Waals surface area contributed by atoms with Crippen LogP contribution in [0.1, 0.15) is 26.7 Å². The molecule has 1 aliphatic heterocycles. The Bertz CT molecular complexity index is 276. The lowest BCUT2D eigenvalue weighted by atomic mass is 10.0. The van der Waals surface area contributed by atoms with Gasteiger partial charge < -0.3 is 14.4 Å². The molecule has 17 heavy (non-hydrogen) atoms. The maximum absolute atomic E-state index is 12.3. The fourth-order valence-corrected chi connectivity index (χ4v) is 2.07. The molecule has 0 saturated carbocycles. The number of rotatable bonds is 4. The van der Waals surface area contributed by atoms with Crippen molar-refractivity contribution in [3.8, 4) is 0 Å². The third-order valence-electron chi connectivity index (χ3n) is 3.22. The highest BCUT2D eigenvalue weighted by molar-refractivity contribution is 5.86. The van der Waals surface area contributed by atoms with Crippen molar-refractivity contribution in [2.45, 2.75) is 32.7 Å². The molecule has 1 saturated heterocycles. The smallest absolute Gasteiger partial charge is 0.331 e. The van der Waals surface area contributed by atoms with Crippen molar-refractivity contribution in [1.29, 1.82) is 0 Å². The van der Waals surface area contributed by atoms with E-state index in [0.29, 0.717) is 13.2 Å². The van der Waals surface area contributed by atoms with Crippen molar-refractivity contribution < 1.29 is 19.1 Å². The maximum atomic E-state index is 12.3. The van der Waals surface area contributed by atoms with Crippen LogP contribution in [-0.4, -0.2) is 49.7 Å². The number of amides is 1. The number of carbonyl (C=O) groups excluding carboxylic acids is 2. The molecule has 1 atom stereocenters. The summed E-state index contributed by atoms with van der Waals surface area (Å²) in [6.45, 7) is 5.16. The SMILES string of the molecule is CCC(CC)C(=O)N1CCOCC1C(=O)OC. The molecule has 5 nitrogen and oxygen atoms in total. The maximum Gasteiger partial charge on any atom is 0.331 e. The second kappa shape index (κ2) is 6.59. The lowest BCUT2D eigenvalue weighted by Gasteiger charge is -2.35. The first kappa shape index (κ1) is 14.0. The van der Waals surface area contributed by atoms with Gasteiger partial charge in [0.2, 0.25) is 5.91 Å². The lowest BCUT2D eigenvalue weighted by Crippen LogP contribution is -2.54. The molecule has 0 bridgehead atoms. The number of nitrogens with zero attached hydrogens (tertiary/aromatic N) is 1. The second-order valence-electron chi connectivity index (χ2n) is 4.16. The standard InChI is InChI=1S/C12H21NO4/c1-4-9(5-2)11(14)13-6-7-17-8-10(13)12(15)16-3/h9-10H,4-8H2,1-3H3. The normalized spacial score (nSPS) is 20.5. The predicted molar refractivity (Wildman–Crippen MR) is 62.4 cm³/mol. The molecule has 1 fully saturated rings. The zero-order valence-corrected chi connectivity index (χ0v) is 10.8. The van der Waals surface area contributed by atoms with E-state index in [-0.39, 0.29) is 18.4 Å². The van der Waals surface area contributed by atoms with Crippen LogP contribution in [0.2, 0.25) is 0 Å². The van der Waals surface area contributed by atoms with Crippen molar-refractivity contribution in [2.24, 2.45) is 5.92 Å². The fraction of sp³-hybridized carbons (Fsp3) is 0.833. The van der Waals surface area contributed by atoms with Gasteiger partial charge >= 0.3 is 5.97 Å². The summed E-state index contributed by atoms with van der Waals surface area (Å²) >= 11 is 0. The highest BCUT2D eigenvalue weighted by Crippen LogP contribution is 2.17. The average molecular weight is 243 g/mol. The summed E-state index contributed by atoms with van der Waals surface area (Å²) in [5.41, 5.74) is 0. The summed E-state index contributed by atoms with van der Waals surface area (Å²) in [7, 11) is 1.33. The number of ether oxygens (including phenoxy) is 2. The zero-order valence-electron chi connectivity index (χ0n) is 10.8. The Morgan fingerprint density at radius 2 is 2.06 bits per heavy atom. The van der Waals surface area contributed by atoms with Crippen molar-refractivity contribution in [1.82, 2.24) is 4.90 Å². The molecule has 1 rings (SSSR count). The van der Waals surface area contributed by atoms with Gasteiger partial charge in [0.1, 0.15) is 0 Å². The Morgan fingerprint density at radius 1 is 1.41 bits per heavy atom. The predicted octanol–water partition coefficient (Wildman–Crippen LogP) is 0.823. The van der Waals surface area contributed by atoms with Crippen LogP contribution < -0.4 is 0 Å². The van der Waals surface area contributed by atoms with E-state index in [1.807, 2.05) is 13.8 Å². The van der Waals surface area contributed by atoms with Gasteiger partial charge in [-0.1, -0.05) is 13.8 Å². The van der Waals surface area contributed by atoms with E-state index < -0.39 is 12.0 Å². The minimum atomic E-state index is -0.582. The molecule has 0 aromatic carbocycles. The summed E-state index contributed by atoms with van der Waals surface area (Å²) in [5.74, 6) is -0.377. The van der Waals surface area contributed by atoms with Crippen LogP contribution in [-0.2, 0) is 19.1 Å². The van der Waals surface area contributed by atoms with Crippen molar-refractivity contribution in [3.63, 3.8) is 0 Å². The van der Waals surface area contributed by atoms with Gasteiger partial charge in [-0.2, -0.15) is 0 Å². The number of esters is 1. The van der Waals surface area contributed by atoms with Gasteiger partial charge in [0.05, 0.1) is 20.3 Å². The summed E-state index contributed by atoms with van der Waals surface area (Å²) in [6.07, 6.45) is 1.58. The molecule has 5 heteroatoms. The van der Waals surface area contributed by atoms with Crippen LogP contribution in [0.3, 0.4) is 0 Å². The van der Waals surface area contributed by atoms with Crippen LogP contribution in [0.5, 0.6) is 0 Å². The van der Waals surface area contributed by atoms with E-state index in [0.717, 1.165) is 12.8 Å². The molecular weight excluding hydrogens is 222 g/mol. The Morgan fingerprint density at radius 3 is 2.59 bits per heavy atom. The molecule has 0 aliphatic carbocycles. The van der Waals surface area contributed by atoms with Crippen LogP contribution in [0.15, 0.2) is 0 Å². The molecular formula is C12H21NO4. The summed E-state index contributed by atoms with van der Waals surface area (Å²) in [6, 6.07) is -0.582. The Kier molecular flexibility index (Phi) is 5.41. The number of hydrogen-bond acceptors (Lipinski definition) is 4. The first-order valence-electron chi connectivity index (χ1n) is 6.11. The highest BCUT2D eigenvalue weighted by atomic mass is 16.5. The lowest BCUT2D eigenvalue weighted by molar-refractivity contribution is -0.162. The van der Waals surface area contributed by atoms with Crippen LogP contribution in [0, 0.1) is 5.92 Å². The highest BCUT2D eigenvalue weighted by Gasteiger charge is 2.35. The minimum Gasteiger partial charge on any atom is -0.467 e. The Labute approximate surface area is 102 Å². The molecule has 0 spiro atoms. The zero-order chi connectivity index (χ0) is 12.8. The quantitative estimate of drug-likeness (QED) is 0.686. The molecule has 0 radical (unpaired) electrons. The molecule has 98 valence electrons. The third-order valence-corrected chi connectivity index (χ3v) is 3.22. The Hall–Kier alpha value is -1.10. The number of morpholine rings is 1. The summed E-state index contributed by atoms with van der Waals surface area (Å²) < 4.78 is 9.94. The van der Waals surface area contributed by atoms with Gasteiger partial charge in [0.25, 0.3) is 0 Å². The number of carbonyl (C=O) groups is 2. The van der Waals surface area contributed by atoms with Crippen LogP contribution in [0.25, 0.3) is 0 Å². The molecule has 1 heterocycles. The van der Waals surface area contributed by atoms with Crippen molar-refractivity contribution in [2.75, 3.05) is 26.9 Å². The molecule has 1 unspecified atom stereocenters. The van der Waals surface area contributed by atoms with E-state index in [1.54, 1.807) is 4.90 Å². The van der Waals surface area contributed by atoms with E-state index in [2.05, 4.69) is 0 Å². The van der Waals surface area contributed by atoms with Gasteiger partial charge in [-0.15, -0.1) is 0 Å². The molecule has 0 aromatic heterocycles. The number of methoxy groups -OCH3 is 1. The topological polar surface area (TPSA) is 55.8 Å². The van der Waals surface area contributed by atoms with Gasteiger partial charge in [0, 0.05) is 12.5 Å². The summed E-state index contributed by atoms with van der Waals surface area (Å²) in [5, 5.41) is 0. The summed E-state index contributed by atoms with van der Waals surface area (Å²) in [4.78, 5) is 25.4. The first-order valence-corrected chi connectivity index (χ1v) is 6.11. The molecule has 1 aliphatic rings. The first-order chi connectivity index (χ1) is 8.15. The average Bonchev–Trinajstić information content (AvgIpc) is 2.39. The van der Waals surface area contributed by atoms with Gasteiger partial charge in [0.15, 0.2) is 6.04 Å². The van der Waals surface area contributed by atoms with Crippen LogP contribution >= 0.6 is 0 Å². The van der Waals surface area contributed by atoms with Crippen molar-refractivity contribution >= 4 is 11.9 Å².